The molecule has 0 saturated carbocycles. The molecule has 1 aromatic carbocycles. The quantitative estimate of drug-likeness (QED) is 0.508. The zero-order valence-electron chi connectivity index (χ0n) is 16.3. The van der Waals surface area contributed by atoms with E-state index in [4.69, 9.17) is 4.74 Å². The summed E-state index contributed by atoms with van der Waals surface area (Å²) in [4.78, 5) is 29.7. The molecule has 7 heteroatoms. The van der Waals surface area contributed by atoms with Gasteiger partial charge in [-0.25, -0.2) is 4.79 Å². The van der Waals surface area contributed by atoms with E-state index in [9.17, 15) is 9.59 Å². The Hall–Kier alpha value is -1.83. The molecule has 1 aliphatic rings. The van der Waals surface area contributed by atoms with E-state index in [0.29, 0.717) is 29.3 Å². The van der Waals surface area contributed by atoms with E-state index in [1.807, 2.05) is 30.3 Å². The largest absolute Gasteiger partial charge is 0.462 e. The highest BCUT2D eigenvalue weighted by Crippen LogP contribution is 2.37. The SMILES string of the molecule is CCOC(=O)c1c(NC(=O)CCSc2ccccc2)sc2c1CCN(CC)C2. The van der Waals surface area contributed by atoms with Gasteiger partial charge in [-0.15, -0.1) is 23.1 Å². The van der Waals surface area contributed by atoms with Gasteiger partial charge in [-0.3, -0.25) is 9.69 Å². The van der Waals surface area contributed by atoms with Gasteiger partial charge in [-0.2, -0.15) is 0 Å². The molecule has 0 spiro atoms. The van der Waals surface area contributed by atoms with E-state index in [1.54, 1.807) is 18.7 Å². The second-order valence-corrected chi connectivity index (χ2v) is 8.78. The maximum Gasteiger partial charge on any atom is 0.341 e. The summed E-state index contributed by atoms with van der Waals surface area (Å²) in [6.07, 6.45) is 1.21. The number of nitrogens with one attached hydrogen (secondary N) is 1. The van der Waals surface area contributed by atoms with E-state index < -0.39 is 0 Å². The van der Waals surface area contributed by atoms with Gasteiger partial charge in [0.05, 0.1) is 12.2 Å². The van der Waals surface area contributed by atoms with Gasteiger partial charge in [0.25, 0.3) is 0 Å². The lowest BCUT2D eigenvalue weighted by atomic mass is 10.0. The Bertz CT molecular complexity index is 821. The molecular weight excluding hydrogens is 392 g/mol. The molecule has 0 unspecified atom stereocenters. The molecule has 1 amide bonds. The van der Waals surface area contributed by atoms with Gasteiger partial charge in [0, 0.05) is 35.0 Å². The van der Waals surface area contributed by atoms with Gasteiger partial charge in [0.2, 0.25) is 5.91 Å². The van der Waals surface area contributed by atoms with Crippen LogP contribution in [0.2, 0.25) is 0 Å². The van der Waals surface area contributed by atoms with E-state index in [0.717, 1.165) is 41.4 Å². The van der Waals surface area contributed by atoms with Crippen LogP contribution in [0, 0.1) is 0 Å². The minimum Gasteiger partial charge on any atom is -0.462 e. The molecule has 150 valence electrons. The van der Waals surface area contributed by atoms with Gasteiger partial charge >= 0.3 is 5.97 Å². The lowest BCUT2D eigenvalue weighted by Crippen LogP contribution is -2.30. The minimum absolute atomic E-state index is 0.0695. The second kappa shape index (κ2) is 10.1. The molecule has 0 bridgehead atoms. The first-order chi connectivity index (χ1) is 13.6. The fraction of sp³-hybridized carbons (Fsp3) is 0.429. The fourth-order valence-corrected chi connectivity index (χ4v) is 5.37. The standard InChI is InChI=1S/C21H26N2O3S2/c1-3-23-12-10-16-17(14-23)28-20(19(16)21(25)26-4-2)22-18(24)11-13-27-15-8-6-5-7-9-15/h5-9H,3-4,10-14H2,1-2H3,(H,22,24). The lowest BCUT2D eigenvalue weighted by molar-refractivity contribution is -0.115. The van der Waals surface area contributed by atoms with Gasteiger partial charge in [-0.1, -0.05) is 25.1 Å². The van der Waals surface area contributed by atoms with Gasteiger partial charge in [0.15, 0.2) is 0 Å². The maximum absolute atomic E-state index is 12.5. The van der Waals surface area contributed by atoms with Crippen LogP contribution in [0.3, 0.4) is 0 Å². The van der Waals surface area contributed by atoms with Crippen LogP contribution in [0.5, 0.6) is 0 Å². The summed E-state index contributed by atoms with van der Waals surface area (Å²) < 4.78 is 5.27. The third-order valence-electron chi connectivity index (χ3n) is 4.66. The Balaban J connectivity index is 1.68. The minimum atomic E-state index is -0.334. The average Bonchev–Trinajstić information content (AvgIpc) is 3.05. The smallest absolute Gasteiger partial charge is 0.341 e. The second-order valence-electron chi connectivity index (χ2n) is 6.51. The van der Waals surface area contributed by atoms with Gasteiger partial charge in [-0.05, 0) is 37.6 Å². The van der Waals surface area contributed by atoms with Crippen LogP contribution < -0.4 is 5.32 Å². The molecule has 2 aromatic rings. The summed E-state index contributed by atoms with van der Waals surface area (Å²) in [5, 5.41) is 3.61. The number of amides is 1. The Kier molecular flexibility index (Phi) is 7.53. The molecule has 3 rings (SSSR count). The van der Waals surface area contributed by atoms with Crippen LogP contribution in [0.25, 0.3) is 0 Å². The van der Waals surface area contributed by atoms with Crippen molar-refractivity contribution < 1.29 is 14.3 Å². The van der Waals surface area contributed by atoms with Crippen molar-refractivity contribution in [2.45, 2.75) is 38.1 Å². The maximum atomic E-state index is 12.5. The summed E-state index contributed by atoms with van der Waals surface area (Å²) >= 11 is 3.17. The van der Waals surface area contributed by atoms with E-state index >= 15 is 0 Å². The zero-order chi connectivity index (χ0) is 19.9. The molecule has 0 saturated heterocycles. The van der Waals surface area contributed by atoms with Crippen LogP contribution >= 0.6 is 23.1 Å². The molecule has 1 aromatic heterocycles. The number of esters is 1. The number of carbonyl (C=O) groups is 2. The zero-order valence-corrected chi connectivity index (χ0v) is 18.0. The first-order valence-corrected chi connectivity index (χ1v) is 11.4. The number of thiophene rings is 1. The number of hydrogen-bond donors (Lipinski definition) is 1. The number of thioether (sulfide) groups is 1. The predicted molar refractivity (Wildman–Crippen MR) is 115 cm³/mol. The molecule has 0 fully saturated rings. The molecular formula is C21H26N2O3S2. The van der Waals surface area contributed by atoms with Crippen molar-refractivity contribution in [1.82, 2.24) is 4.90 Å². The van der Waals surface area contributed by atoms with Crippen molar-refractivity contribution in [3.8, 4) is 0 Å². The summed E-state index contributed by atoms with van der Waals surface area (Å²) in [7, 11) is 0. The molecule has 28 heavy (non-hydrogen) atoms. The Morgan fingerprint density at radius 3 is 2.75 bits per heavy atom. The Morgan fingerprint density at radius 1 is 1.25 bits per heavy atom. The number of rotatable bonds is 8. The molecule has 1 N–H and O–H groups in total. The third kappa shape index (κ3) is 5.16. The van der Waals surface area contributed by atoms with Crippen molar-refractivity contribution in [3.63, 3.8) is 0 Å². The normalized spacial score (nSPS) is 13.8. The van der Waals surface area contributed by atoms with Crippen LogP contribution in [-0.2, 0) is 22.5 Å². The number of benzene rings is 1. The van der Waals surface area contributed by atoms with E-state index in [2.05, 4.69) is 17.1 Å². The van der Waals surface area contributed by atoms with Crippen molar-refractivity contribution in [1.29, 1.82) is 0 Å². The van der Waals surface area contributed by atoms with E-state index in [-0.39, 0.29) is 11.9 Å². The predicted octanol–water partition coefficient (Wildman–Crippen LogP) is 4.42. The molecule has 0 aliphatic carbocycles. The van der Waals surface area contributed by atoms with Crippen molar-refractivity contribution >= 4 is 40.0 Å². The topological polar surface area (TPSA) is 58.6 Å². The third-order valence-corrected chi connectivity index (χ3v) is 6.80. The lowest BCUT2D eigenvalue weighted by Gasteiger charge is -2.25. The summed E-state index contributed by atoms with van der Waals surface area (Å²) in [5.41, 5.74) is 1.60. The number of nitrogens with zero attached hydrogens (tertiary/aromatic N) is 1. The monoisotopic (exact) mass is 418 g/mol. The van der Waals surface area contributed by atoms with Crippen LogP contribution in [0.1, 0.15) is 41.1 Å². The van der Waals surface area contributed by atoms with Crippen LogP contribution in [0.15, 0.2) is 35.2 Å². The molecule has 0 atom stereocenters. The Labute approximate surface area is 174 Å². The summed E-state index contributed by atoms with van der Waals surface area (Å²) in [6.45, 7) is 6.99. The van der Waals surface area contributed by atoms with Crippen molar-refractivity contribution in [2.24, 2.45) is 0 Å². The number of likely N-dealkylation sites (N-methyl/N-ethyl adjacent to an activating group) is 1. The van der Waals surface area contributed by atoms with Gasteiger partial charge < -0.3 is 10.1 Å². The number of ether oxygens (including phenoxy) is 1. The summed E-state index contributed by atoms with van der Waals surface area (Å²) in [5.74, 6) is 0.290. The van der Waals surface area contributed by atoms with Crippen molar-refractivity contribution in [3.05, 3.63) is 46.3 Å². The van der Waals surface area contributed by atoms with Crippen LogP contribution in [0.4, 0.5) is 5.00 Å². The number of fused-ring (bicyclic) bond motifs is 1. The first kappa shape index (κ1) is 20.9. The van der Waals surface area contributed by atoms with E-state index in [1.165, 1.54) is 11.3 Å². The molecule has 5 nitrogen and oxygen atoms in total. The van der Waals surface area contributed by atoms with Crippen LogP contribution in [-0.4, -0.2) is 42.2 Å². The number of carbonyl (C=O) groups excluding carboxylic acids is 2. The summed E-state index contributed by atoms with van der Waals surface area (Å²) in [6, 6.07) is 10.0. The molecule has 1 aliphatic heterocycles. The number of anilines is 1. The van der Waals surface area contributed by atoms with Gasteiger partial charge in [0.1, 0.15) is 5.00 Å². The fourth-order valence-electron chi connectivity index (χ4n) is 3.20. The number of hydrogen-bond acceptors (Lipinski definition) is 6. The first-order valence-electron chi connectivity index (χ1n) is 9.64. The highest BCUT2D eigenvalue weighted by Gasteiger charge is 2.29. The molecule has 0 radical (unpaired) electrons. The highest BCUT2D eigenvalue weighted by molar-refractivity contribution is 7.99. The highest BCUT2D eigenvalue weighted by atomic mass is 32.2. The van der Waals surface area contributed by atoms with Crippen molar-refractivity contribution in [2.75, 3.05) is 30.8 Å². The molecule has 2 heterocycles. The Morgan fingerprint density at radius 2 is 2.04 bits per heavy atom. The average molecular weight is 419 g/mol.